The average molecular weight is 972 g/mol. The monoisotopic (exact) mass is 971 g/mol. The van der Waals surface area contributed by atoms with Crippen LogP contribution in [0.5, 0.6) is 23.0 Å². The molecule has 3 aromatic heterocycles. The van der Waals surface area contributed by atoms with Crippen LogP contribution in [0.25, 0.3) is 55.5 Å². The second-order valence-electron chi connectivity index (χ2n) is 17.2. The normalized spacial score (nSPS) is 13.6. The second-order valence-corrected chi connectivity index (χ2v) is 18.2. The van der Waals surface area contributed by atoms with Crippen LogP contribution in [-0.4, -0.2) is 18.7 Å². The molecular formula is C54H40N4O2Pt. The molecule has 7 aromatic carbocycles. The van der Waals surface area contributed by atoms with Gasteiger partial charge in [-0.25, -0.2) is 0 Å². The number of rotatable bonds is 4. The van der Waals surface area contributed by atoms with Crippen molar-refractivity contribution in [2.24, 2.45) is 7.05 Å². The molecule has 12 rings (SSSR count). The predicted octanol–water partition coefficient (Wildman–Crippen LogP) is 13.1. The van der Waals surface area contributed by atoms with Crippen molar-refractivity contribution in [2.75, 3.05) is 0 Å². The number of para-hydroxylation sites is 4. The van der Waals surface area contributed by atoms with Gasteiger partial charge in [-0.15, -0.1) is 0 Å². The summed E-state index contributed by atoms with van der Waals surface area (Å²) in [4.78, 5) is 5.10. The second kappa shape index (κ2) is 13.1. The van der Waals surface area contributed by atoms with Crippen LogP contribution in [0, 0.1) is 3.80 Å². The Balaban J connectivity index is 1.10. The van der Waals surface area contributed by atoms with Gasteiger partial charge < -0.3 is 4.74 Å². The number of benzene rings is 7. The van der Waals surface area contributed by atoms with Gasteiger partial charge >= 0.3 is 194 Å². The van der Waals surface area contributed by atoms with E-state index in [1.807, 2.05) is 12.3 Å². The Bertz CT molecular complexity index is 3480. The van der Waals surface area contributed by atoms with Crippen molar-refractivity contribution in [3.63, 3.8) is 0 Å². The maximum absolute atomic E-state index is 6.80. The summed E-state index contributed by atoms with van der Waals surface area (Å²) in [5, 5.41) is 2.29. The molecule has 0 N–H and O–H groups in total. The van der Waals surface area contributed by atoms with E-state index in [1.54, 1.807) is 0 Å². The SMILES string of the molecule is Cn1[c](=[Pt])n(-c2cccc(Oc3ccc4c5cc6c(cc5n(-c5cc(C(C)(C)C)ccn5)c4c3)C3(c4ccccc4Oc4ccccc43)c3ccccc3-6)c2)c2ccccc21. The van der Waals surface area contributed by atoms with Crippen LogP contribution < -0.4 is 9.47 Å². The first kappa shape index (κ1) is 36.1. The minimum absolute atomic E-state index is 0.0713. The van der Waals surface area contributed by atoms with E-state index in [1.165, 1.54) is 33.3 Å². The molecule has 10 aromatic rings. The van der Waals surface area contributed by atoms with Crippen molar-refractivity contribution in [3.05, 3.63) is 202 Å². The Kier molecular flexibility index (Phi) is 7.77. The summed E-state index contributed by atoms with van der Waals surface area (Å²) < 4.78 is 21.4. The minimum atomic E-state index is -0.591. The number of fused-ring (bicyclic) bond motifs is 13. The van der Waals surface area contributed by atoms with E-state index in [-0.39, 0.29) is 5.41 Å². The summed E-state index contributed by atoms with van der Waals surface area (Å²) in [6.07, 6.45) is 1.95. The van der Waals surface area contributed by atoms with Gasteiger partial charge in [-0.3, -0.25) is 0 Å². The van der Waals surface area contributed by atoms with Gasteiger partial charge in [0.1, 0.15) is 11.5 Å². The van der Waals surface area contributed by atoms with Gasteiger partial charge in [-0.05, 0) is 51.4 Å². The molecule has 61 heavy (non-hydrogen) atoms. The van der Waals surface area contributed by atoms with Crippen LogP contribution in [0.4, 0.5) is 0 Å². The van der Waals surface area contributed by atoms with Gasteiger partial charge in [0.05, 0.1) is 5.41 Å². The fourth-order valence-electron chi connectivity index (χ4n) is 9.99. The van der Waals surface area contributed by atoms with Crippen molar-refractivity contribution >= 4 is 32.8 Å². The first-order valence-corrected chi connectivity index (χ1v) is 21.8. The summed E-state index contributed by atoms with van der Waals surface area (Å²) in [7, 11) is 2.11. The quantitative estimate of drug-likeness (QED) is 0.177. The standard InChI is InChI=1S/C54H40N4O2.Pt/c1-53(2,3)34-26-27-55-52(28-34)58-48-30-37(59-36-15-13-14-35(29-36)57-33-56(4)46-20-9-10-21-47(46)57)24-25-39(48)41-31-40-38-16-5-6-17-42(38)54(45(40)32-49(41)58)43-18-7-11-22-50(43)60-51-23-12-8-19-44(51)54;/h5-32H,1-4H3;. The first-order chi connectivity index (χ1) is 29.7. The summed E-state index contributed by atoms with van der Waals surface area (Å²) in [5.74, 6) is 4.14. The van der Waals surface area contributed by atoms with Crippen LogP contribution in [0.2, 0.25) is 0 Å². The van der Waals surface area contributed by atoms with Gasteiger partial charge in [0, 0.05) is 17.3 Å². The summed E-state index contributed by atoms with van der Waals surface area (Å²) in [5.41, 5.74) is 13.3. The van der Waals surface area contributed by atoms with E-state index >= 15 is 0 Å². The Morgan fingerprint density at radius 3 is 2.00 bits per heavy atom. The summed E-state index contributed by atoms with van der Waals surface area (Å²) >= 11 is 2.40. The molecular weight excluding hydrogens is 932 g/mol. The molecule has 0 amide bonds. The molecule has 7 heteroatoms. The number of nitrogens with zero attached hydrogens (tertiary/aromatic N) is 4. The summed E-state index contributed by atoms with van der Waals surface area (Å²) in [6.45, 7) is 6.76. The van der Waals surface area contributed by atoms with E-state index < -0.39 is 5.41 Å². The zero-order valence-electron chi connectivity index (χ0n) is 34.1. The van der Waals surface area contributed by atoms with Crippen LogP contribution in [0.15, 0.2) is 170 Å². The molecule has 0 saturated carbocycles. The molecule has 0 unspecified atom stereocenters. The number of hydrogen-bond donors (Lipinski definition) is 0. The van der Waals surface area contributed by atoms with Gasteiger partial charge in [0.25, 0.3) is 0 Å². The number of aromatic nitrogens is 4. The van der Waals surface area contributed by atoms with E-state index in [4.69, 9.17) is 14.5 Å². The Morgan fingerprint density at radius 2 is 1.23 bits per heavy atom. The molecule has 298 valence electrons. The maximum atomic E-state index is 6.80. The van der Waals surface area contributed by atoms with Crippen molar-refractivity contribution < 1.29 is 28.8 Å². The van der Waals surface area contributed by atoms with Crippen molar-refractivity contribution in [1.82, 2.24) is 18.7 Å². The molecule has 1 aliphatic heterocycles. The number of aryl methyl sites for hydroxylation is 1. The third kappa shape index (κ3) is 5.18. The van der Waals surface area contributed by atoms with Gasteiger partial charge in [-0.1, -0.05) is 81.4 Å². The van der Waals surface area contributed by atoms with E-state index in [9.17, 15) is 0 Å². The van der Waals surface area contributed by atoms with Gasteiger partial charge in [0.15, 0.2) is 0 Å². The zero-order valence-corrected chi connectivity index (χ0v) is 36.4. The van der Waals surface area contributed by atoms with Crippen molar-refractivity contribution in [3.8, 4) is 45.6 Å². The zero-order chi connectivity index (χ0) is 41.2. The van der Waals surface area contributed by atoms with E-state index in [2.05, 4.69) is 219 Å². The van der Waals surface area contributed by atoms with Crippen molar-refractivity contribution in [1.29, 1.82) is 0 Å². The van der Waals surface area contributed by atoms with E-state index in [0.29, 0.717) is 0 Å². The molecule has 4 heterocycles. The number of pyridine rings is 1. The molecule has 0 atom stereocenters. The molecule has 6 nitrogen and oxygen atoms in total. The predicted molar refractivity (Wildman–Crippen MR) is 240 cm³/mol. The van der Waals surface area contributed by atoms with Crippen LogP contribution >= 0.6 is 0 Å². The molecule has 0 fully saturated rings. The third-order valence-electron chi connectivity index (χ3n) is 12.8. The van der Waals surface area contributed by atoms with Crippen LogP contribution in [0.1, 0.15) is 48.6 Å². The Labute approximate surface area is 364 Å². The molecule has 2 aliphatic rings. The number of imidazole rings is 1. The topological polar surface area (TPSA) is 46.1 Å². The molecule has 1 aliphatic carbocycles. The van der Waals surface area contributed by atoms with Gasteiger partial charge in [-0.2, -0.15) is 0 Å². The van der Waals surface area contributed by atoms with Gasteiger partial charge in [0.2, 0.25) is 0 Å². The molecule has 0 bridgehead atoms. The molecule has 1 spiro atoms. The molecule has 0 saturated heterocycles. The van der Waals surface area contributed by atoms with Crippen LogP contribution in [-0.2, 0) is 37.2 Å². The Morgan fingerprint density at radius 1 is 0.557 bits per heavy atom. The first-order valence-electron chi connectivity index (χ1n) is 20.7. The third-order valence-corrected chi connectivity index (χ3v) is 14.0. The molecule has 0 radical (unpaired) electrons. The summed E-state index contributed by atoms with van der Waals surface area (Å²) in [6, 6.07) is 58.5. The average Bonchev–Trinajstić information content (AvgIpc) is 3.85. The van der Waals surface area contributed by atoms with E-state index in [0.717, 1.165) is 76.8 Å². The number of hydrogen-bond acceptors (Lipinski definition) is 3. The fraction of sp³-hybridized carbons (Fsp3) is 0.111. The number of ether oxygens (including phenoxy) is 2. The van der Waals surface area contributed by atoms with Crippen LogP contribution in [0.3, 0.4) is 0 Å². The Hall–Kier alpha value is -6.75. The fourth-order valence-corrected chi connectivity index (χ4v) is 10.8. The van der Waals surface area contributed by atoms with Crippen molar-refractivity contribution in [2.45, 2.75) is 31.6 Å².